The second-order valence-electron chi connectivity index (χ2n) is 9.48. The summed E-state index contributed by atoms with van der Waals surface area (Å²) in [6.07, 6.45) is 12.6. The van der Waals surface area contributed by atoms with Gasteiger partial charge in [-0.15, -0.1) is 6.04 Å². The summed E-state index contributed by atoms with van der Waals surface area (Å²) in [5, 5.41) is 10.6. The first kappa shape index (κ1) is 40.2. The molecule has 36 heavy (non-hydrogen) atoms. The molecule has 4 aliphatic rings. The van der Waals surface area contributed by atoms with Gasteiger partial charge in [-0.1, -0.05) is 57.0 Å². The molecule has 4 fully saturated rings. The topological polar surface area (TPSA) is 89.9 Å². The van der Waals surface area contributed by atoms with Crippen LogP contribution < -0.4 is 5.32 Å². The SMILES string of the molecule is CC(=O)O.[CH2-]C1CCCC1.[CH2-]C1CCCN1.[CH2-]C1CCCN1C(C)=O.[CH2-]C1CCCN1C(C)=O.[W+2].[W+2]. The van der Waals surface area contributed by atoms with Crippen molar-refractivity contribution in [1.82, 2.24) is 15.1 Å². The summed E-state index contributed by atoms with van der Waals surface area (Å²) >= 11 is 0. The summed E-state index contributed by atoms with van der Waals surface area (Å²) in [5.41, 5.74) is 0. The Balaban J connectivity index is -0.000000383. The van der Waals surface area contributed by atoms with E-state index in [1.807, 2.05) is 9.80 Å². The number of nitrogens with one attached hydrogen (secondary N) is 1. The maximum atomic E-state index is 10.7. The Kier molecular flexibility index (Phi) is 26.6. The smallest absolute Gasteiger partial charge is 0.481 e. The van der Waals surface area contributed by atoms with Crippen molar-refractivity contribution in [3.63, 3.8) is 0 Å². The van der Waals surface area contributed by atoms with Crippen LogP contribution in [0.3, 0.4) is 0 Å². The van der Waals surface area contributed by atoms with E-state index in [0.29, 0.717) is 6.04 Å². The molecule has 3 aliphatic heterocycles. The molecule has 3 unspecified atom stereocenters. The molecular weight excluding hydrogens is 798 g/mol. The molecule has 3 saturated heterocycles. The van der Waals surface area contributed by atoms with Crippen molar-refractivity contribution in [2.75, 3.05) is 19.6 Å². The predicted molar refractivity (Wildman–Crippen MR) is 139 cm³/mol. The largest absolute Gasteiger partial charge is 2.00 e. The average Bonchev–Trinajstić information content (AvgIpc) is 3.53. The van der Waals surface area contributed by atoms with E-state index in [9.17, 15) is 9.59 Å². The van der Waals surface area contributed by atoms with Gasteiger partial charge in [0.05, 0.1) is 0 Å². The van der Waals surface area contributed by atoms with Crippen LogP contribution in [0.5, 0.6) is 0 Å². The molecule has 0 aromatic rings. The van der Waals surface area contributed by atoms with E-state index in [1.54, 1.807) is 13.8 Å². The van der Waals surface area contributed by atoms with E-state index >= 15 is 0 Å². The van der Waals surface area contributed by atoms with E-state index in [4.69, 9.17) is 9.90 Å². The molecule has 208 valence electrons. The summed E-state index contributed by atoms with van der Waals surface area (Å²) in [6, 6.07) is 1.02. The quantitative estimate of drug-likeness (QED) is 0.355. The molecule has 0 spiro atoms. The van der Waals surface area contributed by atoms with Crippen LogP contribution >= 0.6 is 0 Å². The maximum Gasteiger partial charge on any atom is 2.00 e. The number of amides is 2. The van der Waals surface area contributed by atoms with Crippen molar-refractivity contribution in [2.24, 2.45) is 5.92 Å². The van der Waals surface area contributed by atoms with E-state index < -0.39 is 5.97 Å². The summed E-state index contributed by atoms with van der Waals surface area (Å²) < 4.78 is 0. The monoisotopic (exact) mass is 847 g/mol. The number of likely N-dealkylation sites (tertiary alicyclic amines) is 2. The van der Waals surface area contributed by atoms with Gasteiger partial charge in [0.25, 0.3) is 5.97 Å². The van der Waals surface area contributed by atoms with Gasteiger partial charge in [-0.05, 0) is 25.8 Å². The molecule has 2 amide bonds. The van der Waals surface area contributed by atoms with Crippen molar-refractivity contribution in [3.8, 4) is 0 Å². The van der Waals surface area contributed by atoms with Gasteiger partial charge in [0.15, 0.2) is 0 Å². The number of carboxylic acid groups (broad SMARTS) is 1. The van der Waals surface area contributed by atoms with Crippen molar-refractivity contribution in [2.45, 2.75) is 103 Å². The number of rotatable bonds is 0. The Bertz CT molecular complexity index is 535. The standard InChI is InChI=1S/2C7H12NO.C6H11.C5H10N.C2H4O2.2W/c2*1-6-4-3-5-8(6)7(2)9;1-6-4-2-3-5-6;1-5-3-2-4-6-5;1-2(3)4;;/h2*6H,1,3-5H2,2H3;6H,1-5H2;5-6H,1-4H2;1H3,(H,3,4);;/q4*-1;;2*+2. The van der Waals surface area contributed by atoms with E-state index in [-0.39, 0.29) is 66.0 Å². The molecular formula is C27H49N3O4W2. The molecule has 7 nitrogen and oxygen atoms in total. The van der Waals surface area contributed by atoms with Crippen molar-refractivity contribution < 1.29 is 61.6 Å². The van der Waals surface area contributed by atoms with Crippen LogP contribution in [0.25, 0.3) is 0 Å². The molecule has 0 radical (unpaired) electrons. The normalized spacial score (nSPS) is 24.1. The number of carbonyl (C=O) groups excluding carboxylic acids is 2. The average molecular weight is 847 g/mol. The van der Waals surface area contributed by atoms with Gasteiger partial charge >= 0.3 is 42.1 Å². The minimum Gasteiger partial charge on any atom is -0.481 e. The summed E-state index contributed by atoms with van der Waals surface area (Å²) in [4.78, 5) is 34.1. The van der Waals surface area contributed by atoms with Gasteiger partial charge < -0.3 is 47.9 Å². The van der Waals surface area contributed by atoms with Crippen molar-refractivity contribution >= 4 is 17.8 Å². The number of carbonyl (C=O) groups is 3. The molecule has 1 aliphatic carbocycles. The number of aliphatic carboxylic acids is 1. The fourth-order valence-corrected chi connectivity index (χ4v) is 4.27. The first-order valence-corrected chi connectivity index (χ1v) is 12.7. The fraction of sp³-hybridized carbons (Fsp3) is 0.741. The van der Waals surface area contributed by atoms with E-state index in [1.165, 1.54) is 45.1 Å². The summed E-state index contributed by atoms with van der Waals surface area (Å²) in [7, 11) is 0. The van der Waals surface area contributed by atoms with Crippen LogP contribution in [0.2, 0.25) is 0 Å². The molecule has 1 saturated carbocycles. The zero-order valence-corrected chi connectivity index (χ0v) is 28.6. The summed E-state index contributed by atoms with van der Waals surface area (Å²) in [6.45, 7) is 22.7. The minimum absolute atomic E-state index is 0. The zero-order chi connectivity index (χ0) is 26.1. The predicted octanol–water partition coefficient (Wildman–Crippen LogP) is 4.33. The second-order valence-corrected chi connectivity index (χ2v) is 9.48. The Labute approximate surface area is 249 Å². The zero-order valence-electron chi connectivity index (χ0n) is 22.7. The van der Waals surface area contributed by atoms with E-state index in [0.717, 1.165) is 51.6 Å². The molecule has 0 aromatic carbocycles. The number of hydrogen-bond donors (Lipinski definition) is 2. The van der Waals surface area contributed by atoms with Crippen molar-refractivity contribution in [1.29, 1.82) is 0 Å². The molecule has 0 bridgehead atoms. The van der Waals surface area contributed by atoms with E-state index in [2.05, 4.69) is 33.0 Å². The Morgan fingerprint density at radius 3 is 1.19 bits per heavy atom. The Morgan fingerprint density at radius 1 is 0.694 bits per heavy atom. The van der Waals surface area contributed by atoms with Gasteiger partial charge in [0.1, 0.15) is 0 Å². The first-order valence-electron chi connectivity index (χ1n) is 12.7. The van der Waals surface area contributed by atoms with Crippen LogP contribution in [-0.4, -0.2) is 70.4 Å². The number of nitrogens with zero attached hydrogens (tertiary/aromatic N) is 2. The third-order valence-corrected chi connectivity index (χ3v) is 6.20. The van der Waals surface area contributed by atoms with Crippen LogP contribution in [0, 0.1) is 33.6 Å². The van der Waals surface area contributed by atoms with Crippen LogP contribution in [0.15, 0.2) is 0 Å². The Morgan fingerprint density at radius 2 is 1.08 bits per heavy atom. The molecule has 9 heteroatoms. The van der Waals surface area contributed by atoms with Gasteiger partial charge in [0.2, 0.25) is 11.8 Å². The van der Waals surface area contributed by atoms with Gasteiger partial charge in [-0.2, -0.15) is 5.92 Å². The Hall–Kier alpha value is -0.253. The van der Waals surface area contributed by atoms with Crippen LogP contribution in [-0.2, 0) is 56.5 Å². The van der Waals surface area contributed by atoms with Gasteiger partial charge in [0, 0.05) is 33.9 Å². The van der Waals surface area contributed by atoms with Gasteiger partial charge in [-0.25, -0.2) is 0 Å². The van der Waals surface area contributed by atoms with Crippen LogP contribution in [0.1, 0.15) is 85.0 Å². The first-order chi connectivity index (χ1) is 16.0. The molecule has 2 N–H and O–H groups in total. The van der Waals surface area contributed by atoms with Crippen LogP contribution in [0.4, 0.5) is 0 Å². The minimum atomic E-state index is -0.833. The molecule has 3 atom stereocenters. The third-order valence-electron chi connectivity index (χ3n) is 6.20. The number of hydrogen-bond acceptors (Lipinski definition) is 4. The maximum absolute atomic E-state index is 10.7. The fourth-order valence-electron chi connectivity index (χ4n) is 4.27. The second kappa shape index (κ2) is 23.8. The summed E-state index contributed by atoms with van der Waals surface area (Å²) in [5.74, 6) is 0.282. The van der Waals surface area contributed by atoms with Crippen molar-refractivity contribution in [3.05, 3.63) is 27.7 Å². The molecule has 4 rings (SSSR count). The van der Waals surface area contributed by atoms with Gasteiger partial charge in [-0.3, -0.25) is 14.4 Å². The number of carboxylic acids is 1. The molecule has 0 aromatic heterocycles. The molecule has 3 heterocycles. The third kappa shape index (κ3) is 20.8.